The second-order valence-corrected chi connectivity index (χ2v) is 5.11. The number of aromatic nitrogens is 1. The van der Waals surface area contributed by atoms with Crippen molar-refractivity contribution in [1.29, 1.82) is 0 Å². The zero-order chi connectivity index (χ0) is 12.3. The zero-order valence-electron chi connectivity index (χ0n) is 10.8. The van der Waals surface area contributed by atoms with E-state index in [4.69, 9.17) is 5.73 Å². The molecule has 1 aromatic rings. The van der Waals surface area contributed by atoms with E-state index in [1.165, 1.54) is 18.4 Å². The molecule has 3 nitrogen and oxygen atoms in total. The average Bonchev–Trinajstić information content (AvgIpc) is 2.65. The summed E-state index contributed by atoms with van der Waals surface area (Å²) >= 11 is 0. The fourth-order valence-electron chi connectivity index (χ4n) is 2.99. The van der Waals surface area contributed by atoms with E-state index in [2.05, 4.69) is 30.2 Å². The molecule has 2 rings (SSSR count). The molecule has 1 heterocycles. The Morgan fingerprint density at radius 1 is 1.47 bits per heavy atom. The zero-order valence-corrected chi connectivity index (χ0v) is 10.8. The largest absolute Gasteiger partial charge is 0.383 e. The van der Waals surface area contributed by atoms with Gasteiger partial charge in [0.25, 0.3) is 0 Å². The second kappa shape index (κ2) is 5.50. The first-order valence-electron chi connectivity index (χ1n) is 6.65. The number of nitrogens with zero attached hydrogens (tertiary/aromatic N) is 1. The molecule has 1 aromatic heterocycles. The third-order valence-corrected chi connectivity index (χ3v) is 4.10. The summed E-state index contributed by atoms with van der Waals surface area (Å²) in [4.78, 5) is 4.16. The molecule has 1 saturated carbocycles. The van der Waals surface area contributed by atoms with E-state index in [1.54, 1.807) is 6.20 Å². The highest BCUT2D eigenvalue weighted by atomic mass is 14.9. The smallest absolute Gasteiger partial charge is 0.126 e. The van der Waals surface area contributed by atoms with E-state index >= 15 is 0 Å². The summed E-state index contributed by atoms with van der Waals surface area (Å²) in [5, 5.41) is 3.58. The molecule has 17 heavy (non-hydrogen) atoms. The molecule has 0 saturated heterocycles. The van der Waals surface area contributed by atoms with Gasteiger partial charge in [0.2, 0.25) is 0 Å². The van der Waals surface area contributed by atoms with Crippen molar-refractivity contribution < 1.29 is 0 Å². The average molecular weight is 233 g/mol. The first kappa shape index (κ1) is 12.4. The van der Waals surface area contributed by atoms with Crippen LogP contribution in [0.25, 0.3) is 0 Å². The highest BCUT2D eigenvalue weighted by molar-refractivity contribution is 5.38. The predicted octanol–water partition coefficient (Wildman–Crippen LogP) is 2.23. The molecular weight excluding hydrogens is 210 g/mol. The highest BCUT2D eigenvalue weighted by Crippen LogP contribution is 2.34. The molecule has 1 fully saturated rings. The first-order valence-corrected chi connectivity index (χ1v) is 6.65. The van der Waals surface area contributed by atoms with E-state index in [0.717, 1.165) is 24.8 Å². The fraction of sp³-hybridized carbons (Fsp3) is 0.643. The molecule has 0 aliphatic heterocycles. The third-order valence-electron chi connectivity index (χ3n) is 4.10. The van der Waals surface area contributed by atoms with Crippen molar-refractivity contribution in [3.63, 3.8) is 0 Å². The van der Waals surface area contributed by atoms with Gasteiger partial charge in [0, 0.05) is 12.2 Å². The van der Waals surface area contributed by atoms with Crippen LogP contribution in [0.5, 0.6) is 0 Å². The quantitative estimate of drug-likeness (QED) is 0.838. The van der Waals surface area contributed by atoms with Crippen LogP contribution >= 0.6 is 0 Å². The second-order valence-electron chi connectivity index (χ2n) is 5.11. The number of rotatable bonds is 4. The standard InChI is InChI=1S/C14H23N3/c1-3-16-13-7-6-11(10(13)2)9-12-5-4-8-17-14(12)15/h4-5,8,10-11,13,16H,3,6-7,9H2,1-2H3,(H2,15,17). The lowest BCUT2D eigenvalue weighted by molar-refractivity contribution is 0.355. The number of pyridine rings is 1. The van der Waals surface area contributed by atoms with Gasteiger partial charge in [0.1, 0.15) is 5.82 Å². The molecule has 0 amide bonds. The van der Waals surface area contributed by atoms with Crippen molar-refractivity contribution >= 4 is 5.82 Å². The Morgan fingerprint density at radius 2 is 2.29 bits per heavy atom. The van der Waals surface area contributed by atoms with E-state index in [9.17, 15) is 0 Å². The summed E-state index contributed by atoms with van der Waals surface area (Å²) in [7, 11) is 0. The summed E-state index contributed by atoms with van der Waals surface area (Å²) in [5.74, 6) is 2.17. The SMILES string of the molecule is CCNC1CCC(Cc2cccnc2N)C1C. The number of nitrogens with one attached hydrogen (secondary N) is 1. The minimum absolute atomic E-state index is 0.683. The lowest BCUT2D eigenvalue weighted by atomic mass is 9.90. The van der Waals surface area contributed by atoms with E-state index in [-0.39, 0.29) is 0 Å². The Hall–Kier alpha value is -1.09. The highest BCUT2D eigenvalue weighted by Gasteiger charge is 2.32. The molecule has 0 aromatic carbocycles. The normalized spacial score (nSPS) is 28.5. The van der Waals surface area contributed by atoms with Crippen LogP contribution in [0.3, 0.4) is 0 Å². The van der Waals surface area contributed by atoms with Gasteiger partial charge in [0.05, 0.1) is 0 Å². The number of nitrogens with two attached hydrogens (primary N) is 1. The maximum absolute atomic E-state index is 5.91. The Labute approximate surface area is 104 Å². The molecule has 94 valence electrons. The van der Waals surface area contributed by atoms with E-state index in [1.807, 2.05) is 6.07 Å². The topological polar surface area (TPSA) is 50.9 Å². The van der Waals surface area contributed by atoms with Gasteiger partial charge in [-0.2, -0.15) is 0 Å². The molecule has 3 atom stereocenters. The van der Waals surface area contributed by atoms with Crippen LogP contribution in [0, 0.1) is 11.8 Å². The number of hydrogen-bond donors (Lipinski definition) is 2. The minimum atomic E-state index is 0.683. The van der Waals surface area contributed by atoms with Gasteiger partial charge in [-0.15, -0.1) is 0 Å². The summed E-state index contributed by atoms with van der Waals surface area (Å²) in [6.07, 6.45) is 5.42. The summed E-state index contributed by atoms with van der Waals surface area (Å²) in [5.41, 5.74) is 7.12. The molecule has 1 aliphatic carbocycles. The van der Waals surface area contributed by atoms with Gasteiger partial charge in [-0.1, -0.05) is 19.9 Å². The number of hydrogen-bond acceptors (Lipinski definition) is 3. The van der Waals surface area contributed by atoms with Crippen LogP contribution < -0.4 is 11.1 Å². The van der Waals surface area contributed by atoms with Crippen molar-refractivity contribution in [3.8, 4) is 0 Å². The lowest BCUT2D eigenvalue weighted by Crippen LogP contribution is -2.32. The first-order chi connectivity index (χ1) is 8.22. The summed E-state index contributed by atoms with van der Waals surface area (Å²) in [6, 6.07) is 4.77. The van der Waals surface area contributed by atoms with Gasteiger partial charge in [0.15, 0.2) is 0 Å². The Morgan fingerprint density at radius 3 is 3.00 bits per heavy atom. The van der Waals surface area contributed by atoms with Gasteiger partial charge >= 0.3 is 0 Å². The van der Waals surface area contributed by atoms with Crippen molar-refractivity contribution in [2.75, 3.05) is 12.3 Å². The number of nitrogen functional groups attached to an aromatic ring is 1. The monoisotopic (exact) mass is 233 g/mol. The third kappa shape index (κ3) is 2.78. The van der Waals surface area contributed by atoms with Crippen molar-refractivity contribution in [3.05, 3.63) is 23.9 Å². The van der Waals surface area contributed by atoms with Crippen LogP contribution in [0.1, 0.15) is 32.3 Å². The number of anilines is 1. The van der Waals surface area contributed by atoms with Crippen molar-refractivity contribution in [2.24, 2.45) is 11.8 Å². The molecule has 0 bridgehead atoms. The Bertz CT molecular complexity index is 364. The molecule has 1 aliphatic rings. The van der Waals surface area contributed by atoms with Crippen LogP contribution in [0.15, 0.2) is 18.3 Å². The molecular formula is C14H23N3. The lowest BCUT2D eigenvalue weighted by Gasteiger charge is -2.21. The predicted molar refractivity (Wildman–Crippen MR) is 71.7 cm³/mol. The Kier molecular flexibility index (Phi) is 4.00. The van der Waals surface area contributed by atoms with Gasteiger partial charge in [-0.05, 0) is 49.3 Å². The van der Waals surface area contributed by atoms with Crippen LogP contribution in [-0.2, 0) is 6.42 Å². The minimum Gasteiger partial charge on any atom is -0.383 e. The molecule has 3 heteroatoms. The molecule has 3 unspecified atom stereocenters. The van der Waals surface area contributed by atoms with Crippen LogP contribution in [0.2, 0.25) is 0 Å². The van der Waals surface area contributed by atoms with Gasteiger partial charge in [-0.25, -0.2) is 4.98 Å². The van der Waals surface area contributed by atoms with Crippen molar-refractivity contribution in [1.82, 2.24) is 10.3 Å². The van der Waals surface area contributed by atoms with Crippen LogP contribution in [-0.4, -0.2) is 17.6 Å². The summed E-state index contributed by atoms with van der Waals surface area (Å²) in [6.45, 7) is 5.60. The molecule has 0 spiro atoms. The van der Waals surface area contributed by atoms with Crippen molar-refractivity contribution in [2.45, 2.75) is 39.2 Å². The van der Waals surface area contributed by atoms with Gasteiger partial charge < -0.3 is 11.1 Å². The molecule has 3 N–H and O–H groups in total. The van der Waals surface area contributed by atoms with E-state index in [0.29, 0.717) is 11.9 Å². The maximum Gasteiger partial charge on any atom is 0.126 e. The Balaban J connectivity index is 1.99. The van der Waals surface area contributed by atoms with Gasteiger partial charge in [-0.3, -0.25) is 0 Å². The fourth-order valence-corrected chi connectivity index (χ4v) is 2.99. The van der Waals surface area contributed by atoms with Crippen LogP contribution in [0.4, 0.5) is 5.82 Å². The maximum atomic E-state index is 5.91. The molecule has 0 radical (unpaired) electrons. The van der Waals surface area contributed by atoms with E-state index < -0.39 is 0 Å². The summed E-state index contributed by atoms with van der Waals surface area (Å²) < 4.78 is 0.